The lowest BCUT2D eigenvalue weighted by Gasteiger charge is -2.14. The number of hydrogen-bond acceptors (Lipinski definition) is 3. The average Bonchev–Trinajstić information content (AvgIpc) is 2.35. The van der Waals surface area contributed by atoms with Gasteiger partial charge < -0.3 is 5.11 Å². The van der Waals surface area contributed by atoms with E-state index in [1.807, 2.05) is 32.0 Å². The summed E-state index contributed by atoms with van der Waals surface area (Å²) in [6.45, 7) is 4.05. The minimum Gasteiger partial charge on any atom is -0.392 e. The predicted molar refractivity (Wildman–Crippen MR) is 71.7 cm³/mol. The Morgan fingerprint density at radius 1 is 1.41 bits per heavy atom. The van der Waals surface area contributed by atoms with Crippen molar-refractivity contribution in [1.82, 2.24) is 0 Å². The van der Waals surface area contributed by atoms with Crippen molar-refractivity contribution in [3.05, 3.63) is 29.8 Å². The van der Waals surface area contributed by atoms with Gasteiger partial charge in [-0.2, -0.15) is 5.26 Å². The highest BCUT2D eigenvalue weighted by atomic mass is 32.2. The molecular formula is C14H19NOS. The number of nitrogens with zero attached hydrogens (tertiary/aromatic N) is 1. The fourth-order valence-electron chi connectivity index (χ4n) is 1.49. The van der Waals surface area contributed by atoms with Crippen LogP contribution in [0.25, 0.3) is 0 Å². The van der Waals surface area contributed by atoms with Crippen molar-refractivity contribution in [2.24, 2.45) is 5.41 Å². The maximum Gasteiger partial charge on any atom is 0.0683 e. The monoisotopic (exact) mass is 249 g/mol. The Bertz CT molecular complexity index is 395. The van der Waals surface area contributed by atoms with Crippen LogP contribution in [0, 0.1) is 16.7 Å². The molecule has 0 atom stereocenters. The number of thioether (sulfide) groups is 1. The molecule has 0 radical (unpaired) electrons. The second kappa shape index (κ2) is 6.68. The molecule has 0 unspecified atom stereocenters. The first-order valence-electron chi connectivity index (χ1n) is 5.81. The minimum atomic E-state index is -0.215. The van der Waals surface area contributed by atoms with E-state index in [2.05, 4.69) is 12.1 Å². The molecule has 17 heavy (non-hydrogen) atoms. The van der Waals surface area contributed by atoms with E-state index < -0.39 is 0 Å². The lowest BCUT2D eigenvalue weighted by molar-refractivity contribution is 0.281. The molecule has 92 valence electrons. The molecule has 0 saturated heterocycles. The quantitative estimate of drug-likeness (QED) is 0.619. The van der Waals surface area contributed by atoms with E-state index in [0.29, 0.717) is 0 Å². The fourth-order valence-corrected chi connectivity index (χ4v) is 2.43. The number of aliphatic hydroxyl groups excluding tert-OH is 1. The third kappa shape index (κ3) is 5.25. The van der Waals surface area contributed by atoms with Gasteiger partial charge in [0.15, 0.2) is 0 Å². The van der Waals surface area contributed by atoms with Crippen molar-refractivity contribution in [2.45, 2.75) is 38.2 Å². The topological polar surface area (TPSA) is 44.0 Å². The Hall–Kier alpha value is -0.980. The van der Waals surface area contributed by atoms with Crippen LogP contribution in [0.3, 0.4) is 0 Å². The minimum absolute atomic E-state index is 0.0931. The van der Waals surface area contributed by atoms with Crippen LogP contribution in [0.2, 0.25) is 0 Å². The van der Waals surface area contributed by atoms with Crippen LogP contribution in [0.15, 0.2) is 29.2 Å². The summed E-state index contributed by atoms with van der Waals surface area (Å²) in [5.74, 6) is 1.01. The molecular weight excluding hydrogens is 230 g/mol. The SMILES string of the molecule is CC(C)(C#N)CCCSc1cccc(CO)c1. The molecule has 3 heteroatoms. The van der Waals surface area contributed by atoms with Gasteiger partial charge in [0.1, 0.15) is 0 Å². The highest BCUT2D eigenvalue weighted by Crippen LogP contribution is 2.25. The molecule has 1 rings (SSSR count). The third-order valence-electron chi connectivity index (χ3n) is 2.60. The Balaban J connectivity index is 2.34. The van der Waals surface area contributed by atoms with Crippen molar-refractivity contribution in [3.63, 3.8) is 0 Å². The van der Waals surface area contributed by atoms with Gasteiger partial charge in [0, 0.05) is 4.90 Å². The lowest BCUT2D eigenvalue weighted by Crippen LogP contribution is -2.07. The van der Waals surface area contributed by atoms with E-state index in [-0.39, 0.29) is 12.0 Å². The fraction of sp³-hybridized carbons (Fsp3) is 0.500. The van der Waals surface area contributed by atoms with Crippen molar-refractivity contribution < 1.29 is 5.11 Å². The Morgan fingerprint density at radius 2 is 2.18 bits per heavy atom. The van der Waals surface area contributed by atoms with Crippen molar-refractivity contribution in [1.29, 1.82) is 5.26 Å². The van der Waals surface area contributed by atoms with Crippen LogP contribution < -0.4 is 0 Å². The van der Waals surface area contributed by atoms with Crippen LogP contribution >= 0.6 is 11.8 Å². The Kier molecular flexibility index (Phi) is 5.54. The zero-order chi connectivity index (χ0) is 12.7. The Labute approximate surface area is 108 Å². The molecule has 0 aliphatic rings. The average molecular weight is 249 g/mol. The summed E-state index contributed by atoms with van der Waals surface area (Å²) in [4.78, 5) is 1.19. The maximum atomic E-state index is 9.03. The Morgan fingerprint density at radius 3 is 2.82 bits per heavy atom. The second-order valence-corrected chi connectivity index (χ2v) is 5.92. The van der Waals surface area contributed by atoms with Crippen LogP contribution in [0.1, 0.15) is 32.3 Å². The number of benzene rings is 1. The first kappa shape index (κ1) is 14.1. The van der Waals surface area contributed by atoms with E-state index in [9.17, 15) is 0 Å². The molecule has 0 fully saturated rings. The normalized spacial score (nSPS) is 11.2. The van der Waals surface area contributed by atoms with Crippen LogP contribution in [-0.2, 0) is 6.61 Å². The molecule has 0 aliphatic heterocycles. The summed E-state index contributed by atoms with van der Waals surface area (Å²) in [6, 6.07) is 10.3. The molecule has 1 N–H and O–H groups in total. The van der Waals surface area contributed by atoms with E-state index >= 15 is 0 Å². The predicted octanol–water partition coefficient (Wildman–Crippen LogP) is 3.60. The maximum absolute atomic E-state index is 9.03. The van der Waals surface area contributed by atoms with Gasteiger partial charge >= 0.3 is 0 Å². The smallest absolute Gasteiger partial charge is 0.0683 e. The van der Waals surface area contributed by atoms with Gasteiger partial charge in [-0.1, -0.05) is 12.1 Å². The van der Waals surface area contributed by atoms with E-state index in [1.165, 1.54) is 4.90 Å². The zero-order valence-electron chi connectivity index (χ0n) is 10.4. The first-order chi connectivity index (χ1) is 8.07. The van der Waals surface area contributed by atoms with Crippen molar-refractivity contribution in [2.75, 3.05) is 5.75 Å². The van der Waals surface area contributed by atoms with Gasteiger partial charge in [-0.25, -0.2) is 0 Å². The molecule has 1 aromatic carbocycles. The summed E-state index contributed by atoms with van der Waals surface area (Å²) >= 11 is 1.78. The summed E-state index contributed by atoms with van der Waals surface area (Å²) in [5, 5.41) is 17.9. The van der Waals surface area contributed by atoms with Gasteiger partial charge in [0.05, 0.1) is 18.1 Å². The van der Waals surface area contributed by atoms with Crippen LogP contribution in [0.4, 0.5) is 0 Å². The van der Waals surface area contributed by atoms with Gasteiger partial charge in [0.25, 0.3) is 0 Å². The molecule has 0 saturated carbocycles. The molecule has 0 bridgehead atoms. The molecule has 0 aromatic heterocycles. The summed E-state index contributed by atoms with van der Waals surface area (Å²) < 4.78 is 0. The first-order valence-corrected chi connectivity index (χ1v) is 6.80. The standard InChI is InChI=1S/C14H19NOS/c1-14(2,11-15)7-4-8-17-13-6-3-5-12(9-13)10-16/h3,5-6,9,16H,4,7-8,10H2,1-2H3. The van der Waals surface area contributed by atoms with Crippen LogP contribution in [-0.4, -0.2) is 10.9 Å². The lowest BCUT2D eigenvalue weighted by atomic mass is 9.90. The summed E-state index contributed by atoms with van der Waals surface area (Å²) in [7, 11) is 0. The molecule has 0 spiro atoms. The van der Waals surface area contributed by atoms with E-state index in [0.717, 1.165) is 24.2 Å². The second-order valence-electron chi connectivity index (χ2n) is 4.75. The van der Waals surface area contributed by atoms with Gasteiger partial charge in [-0.3, -0.25) is 0 Å². The van der Waals surface area contributed by atoms with E-state index in [4.69, 9.17) is 10.4 Å². The molecule has 0 aliphatic carbocycles. The number of aliphatic hydroxyl groups is 1. The van der Waals surface area contributed by atoms with Crippen molar-refractivity contribution >= 4 is 11.8 Å². The molecule has 1 aromatic rings. The molecule has 0 heterocycles. The number of rotatable bonds is 6. The zero-order valence-corrected chi connectivity index (χ0v) is 11.3. The summed E-state index contributed by atoms with van der Waals surface area (Å²) in [6.07, 6.45) is 1.96. The molecule has 2 nitrogen and oxygen atoms in total. The van der Waals surface area contributed by atoms with Gasteiger partial charge in [-0.05, 0) is 50.1 Å². The van der Waals surface area contributed by atoms with Gasteiger partial charge in [0.2, 0.25) is 0 Å². The number of hydrogen-bond donors (Lipinski definition) is 1. The number of nitriles is 1. The summed E-state index contributed by atoms with van der Waals surface area (Å²) in [5.41, 5.74) is 0.736. The third-order valence-corrected chi connectivity index (χ3v) is 3.68. The highest BCUT2D eigenvalue weighted by Gasteiger charge is 2.15. The molecule has 0 amide bonds. The largest absolute Gasteiger partial charge is 0.392 e. The van der Waals surface area contributed by atoms with E-state index in [1.54, 1.807) is 11.8 Å². The van der Waals surface area contributed by atoms with Crippen molar-refractivity contribution in [3.8, 4) is 6.07 Å². The van der Waals surface area contributed by atoms with Gasteiger partial charge in [-0.15, -0.1) is 11.8 Å². The van der Waals surface area contributed by atoms with Crippen LogP contribution in [0.5, 0.6) is 0 Å². The highest BCUT2D eigenvalue weighted by molar-refractivity contribution is 7.99.